The predicted octanol–water partition coefficient (Wildman–Crippen LogP) is 6.23. The summed E-state index contributed by atoms with van der Waals surface area (Å²) in [5.41, 5.74) is 3.78. The van der Waals surface area contributed by atoms with Crippen LogP contribution in [-0.4, -0.2) is 58.0 Å². The van der Waals surface area contributed by atoms with E-state index in [0.717, 1.165) is 6.54 Å². The van der Waals surface area contributed by atoms with Crippen LogP contribution >= 0.6 is 23.2 Å². The van der Waals surface area contributed by atoms with Gasteiger partial charge in [0.2, 0.25) is 5.88 Å². The van der Waals surface area contributed by atoms with Crippen LogP contribution in [0.3, 0.4) is 0 Å². The molecule has 4 rings (SSSR count). The van der Waals surface area contributed by atoms with E-state index in [1.165, 1.54) is 13.1 Å². The Balaban J connectivity index is 0.00000361. The summed E-state index contributed by atoms with van der Waals surface area (Å²) < 4.78 is 5.65. The zero-order chi connectivity index (χ0) is 25.1. The lowest BCUT2D eigenvalue weighted by Crippen LogP contribution is -2.19. The van der Waals surface area contributed by atoms with E-state index in [9.17, 15) is 9.90 Å². The summed E-state index contributed by atoms with van der Waals surface area (Å²) in [6, 6.07) is 10.3. The second-order valence-corrected chi connectivity index (χ2v) is 8.93. The Kier molecular flexibility index (Phi) is 8.68. The van der Waals surface area contributed by atoms with Crippen LogP contribution in [0.5, 0.6) is 11.6 Å². The smallest absolute Gasteiger partial charge is 0.213 e. The second kappa shape index (κ2) is 11.5. The molecule has 0 fully saturated rings. The van der Waals surface area contributed by atoms with Gasteiger partial charge >= 0.3 is 0 Å². The minimum atomic E-state index is -0.192. The van der Waals surface area contributed by atoms with E-state index in [0.29, 0.717) is 51.7 Å². The molecule has 0 aliphatic rings. The third kappa shape index (κ3) is 6.02. The van der Waals surface area contributed by atoms with Gasteiger partial charge in [-0.05, 0) is 51.4 Å². The number of likely N-dealkylation sites (N-methyl/N-ethyl adjacent to an activating group) is 1. The minimum Gasteiger partial charge on any atom is -0.505 e. The van der Waals surface area contributed by atoms with Gasteiger partial charge in [0, 0.05) is 24.4 Å². The molecule has 188 valence electrons. The molecule has 3 heterocycles. The molecule has 0 spiro atoms. The molecular formula is C26H27Cl2N5O3. The molecule has 0 amide bonds. The maximum Gasteiger partial charge on any atom is 0.213 e. The zero-order valence-electron chi connectivity index (χ0n) is 19.3. The molecule has 0 saturated heterocycles. The number of aromatic nitrogens is 3. The fourth-order valence-corrected chi connectivity index (χ4v) is 3.84. The first kappa shape index (κ1) is 27.1. The normalized spacial score (nSPS) is 10.8. The van der Waals surface area contributed by atoms with E-state index in [1.54, 1.807) is 36.5 Å². The summed E-state index contributed by atoms with van der Waals surface area (Å²) in [6.45, 7) is 2.77. The van der Waals surface area contributed by atoms with Crippen molar-refractivity contribution in [2.24, 2.45) is 0 Å². The first-order valence-corrected chi connectivity index (χ1v) is 11.5. The first-order valence-electron chi connectivity index (χ1n) is 10.7. The molecule has 0 saturated carbocycles. The van der Waals surface area contributed by atoms with Gasteiger partial charge in [-0.1, -0.05) is 30.6 Å². The summed E-state index contributed by atoms with van der Waals surface area (Å²) in [7, 11) is 3.94. The van der Waals surface area contributed by atoms with Crippen molar-refractivity contribution in [3.05, 3.63) is 64.4 Å². The third-order valence-corrected chi connectivity index (χ3v) is 5.78. The lowest BCUT2D eigenvalue weighted by atomic mass is 10.1. The van der Waals surface area contributed by atoms with Crippen LogP contribution in [0.25, 0.3) is 22.3 Å². The molecule has 2 N–H and O–H groups in total. The summed E-state index contributed by atoms with van der Waals surface area (Å²) in [4.78, 5) is 27.9. The number of aromatic hydroxyl groups is 1. The molecule has 0 aliphatic carbocycles. The predicted molar refractivity (Wildman–Crippen MR) is 145 cm³/mol. The average Bonchev–Trinajstić information content (AvgIpc) is 2.82. The summed E-state index contributed by atoms with van der Waals surface area (Å²) in [5.74, 6) is 0.147. The summed E-state index contributed by atoms with van der Waals surface area (Å²) in [5, 5.41) is 13.4. The van der Waals surface area contributed by atoms with E-state index in [4.69, 9.17) is 32.9 Å². The van der Waals surface area contributed by atoms with E-state index < -0.39 is 0 Å². The number of pyridine rings is 3. The molecule has 0 unspecified atom stereocenters. The number of carbonyl (C=O) groups is 1. The molecular weight excluding hydrogens is 501 g/mol. The number of ether oxygens (including phenoxy) is 1. The van der Waals surface area contributed by atoms with Crippen LogP contribution in [0, 0.1) is 0 Å². The number of Topliss-reactive ketones (excluding diaryl/α,β-unsaturated/α-hetero) is 1. The van der Waals surface area contributed by atoms with Gasteiger partial charge in [-0.15, -0.1) is 0 Å². The zero-order valence-corrected chi connectivity index (χ0v) is 20.9. The molecule has 8 nitrogen and oxygen atoms in total. The number of halogens is 2. The maximum atomic E-state index is 12.4. The van der Waals surface area contributed by atoms with Crippen molar-refractivity contribution in [1.82, 2.24) is 19.9 Å². The molecule has 36 heavy (non-hydrogen) atoms. The molecule has 10 heteroatoms. The highest BCUT2D eigenvalue weighted by Crippen LogP contribution is 2.37. The third-order valence-electron chi connectivity index (χ3n) is 5.20. The van der Waals surface area contributed by atoms with Crippen LogP contribution < -0.4 is 10.1 Å². The number of hydrogen-bond acceptors (Lipinski definition) is 8. The van der Waals surface area contributed by atoms with Gasteiger partial charge in [-0.25, -0.2) is 9.97 Å². The number of nitrogens with zero attached hydrogens (tertiary/aromatic N) is 4. The Bertz CT molecular complexity index is 1370. The van der Waals surface area contributed by atoms with Gasteiger partial charge in [0.1, 0.15) is 12.1 Å². The highest BCUT2D eigenvalue weighted by atomic mass is 35.5. The Morgan fingerprint density at radius 2 is 1.81 bits per heavy atom. The Labute approximate surface area is 219 Å². The Morgan fingerprint density at radius 3 is 2.42 bits per heavy atom. The van der Waals surface area contributed by atoms with Crippen molar-refractivity contribution >= 4 is 51.4 Å². The topological polar surface area (TPSA) is 100 Å². The van der Waals surface area contributed by atoms with Crippen LogP contribution in [-0.2, 0) is 0 Å². The number of phenols is 1. The van der Waals surface area contributed by atoms with Gasteiger partial charge in [0.15, 0.2) is 11.5 Å². The van der Waals surface area contributed by atoms with Crippen LogP contribution in [0.2, 0.25) is 10.0 Å². The molecule has 4 aromatic rings. The van der Waals surface area contributed by atoms with Gasteiger partial charge in [0.05, 0.1) is 44.4 Å². The highest BCUT2D eigenvalue weighted by Gasteiger charge is 2.16. The number of rotatable bonds is 8. The van der Waals surface area contributed by atoms with Gasteiger partial charge in [-0.2, -0.15) is 0 Å². The van der Waals surface area contributed by atoms with Crippen molar-refractivity contribution in [3.8, 4) is 22.9 Å². The monoisotopic (exact) mass is 527 g/mol. The molecule has 1 aromatic carbocycles. The van der Waals surface area contributed by atoms with Crippen LogP contribution in [0.15, 0.2) is 48.8 Å². The van der Waals surface area contributed by atoms with Crippen molar-refractivity contribution < 1.29 is 14.6 Å². The number of hydrogen-bond donors (Lipinski definition) is 2. The first-order chi connectivity index (χ1) is 16.7. The van der Waals surface area contributed by atoms with E-state index in [1.807, 2.05) is 25.1 Å². The molecule has 3 aromatic heterocycles. The van der Waals surface area contributed by atoms with Crippen LogP contribution in [0.1, 0.15) is 24.7 Å². The molecule has 0 bridgehead atoms. The highest BCUT2D eigenvalue weighted by molar-refractivity contribution is 6.37. The number of phenolic OH excluding ortho intramolecular Hbond substituents is 1. The molecule has 0 atom stereocenters. The number of anilines is 2. The number of carbonyl (C=O) groups excluding carboxylic acids is 1. The van der Waals surface area contributed by atoms with Crippen molar-refractivity contribution in [1.29, 1.82) is 0 Å². The number of ketones is 1. The number of fused-ring (bicyclic) bond motifs is 1. The minimum absolute atomic E-state index is 0. The molecule has 0 aliphatic heterocycles. The second-order valence-electron chi connectivity index (χ2n) is 8.12. The number of benzene rings is 1. The van der Waals surface area contributed by atoms with Gasteiger partial charge in [0.25, 0.3) is 0 Å². The van der Waals surface area contributed by atoms with E-state index >= 15 is 0 Å². The van der Waals surface area contributed by atoms with E-state index in [2.05, 4.69) is 15.3 Å². The van der Waals surface area contributed by atoms with Crippen molar-refractivity contribution in [2.75, 3.05) is 32.6 Å². The fraction of sp³-hybridized carbons (Fsp3) is 0.231. The standard InChI is InChI=1S/C25H23Cl2N5O3.CH4/c1-14(33)17-13-28-21-6-5-20(15-10-18(26)25(34)19(27)11-15)31-24(21)23(17)30-16-4-7-22(29-12-16)35-9-8-32(2)3;/h4-7,10-13,34H,8-9H2,1-3H3,(H,28,30);1H4. The van der Waals surface area contributed by atoms with Crippen molar-refractivity contribution in [3.63, 3.8) is 0 Å². The Morgan fingerprint density at radius 1 is 1.08 bits per heavy atom. The SMILES string of the molecule is C.CC(=O)c1cnc2ccc(-c3cc(Cl)c(O)c(Cl)c3)nc2c1Nc1ccc(OCCN(C)C)nc1. The van der Waals surface area contributed by atoms with Gasteiger partial charge in [-0.3, -0.25) is 9.78 Å². The maximum absolute atomic E-state index is 12.4. The lowest BCUT2D eigenvalue weighted by molar-refractivity contribution is 0.101. The van der Waals surface area contributed by atoms with E-state index in [-0.39, 0.29) is 29.0 Å². The quantitative estimate of drug-likeness (QED) is 0.260. The van der Waals surface area contributed by atoms with Crippen molar-refractivity contribution in [2.45, 2.75) is 14.4 Å². The van der Waals surface area contributed by atoms with Gasteiger partial charge < -0.3 is 20.1 Å². The largest absolute Gasteiger partial charge is 0.505 e. The average molecular weight is 528 g/mol. The summed E-state index contributed by atoms with van der Waals surface area (Å²) in [6.07, 6.45) is 3.15. The lowest BCUT2D eigenvalue weighted by Gasteiger charge is -2.14. The Hall–Kier alpha value is -3.46. The fourth-order valence-electron chi connectivity index (χ4n) is 3.35. The number of nitrogens with one attached hydrogen (secondary N) is 1. The molecule has 0 radical (unpaired) electrons. The summed E-state index contributed by atoms with van der Waals surface area (Å²) >= 11 is 12.2. The van der Waals surface area contributed by atoms with Crippen LogP contribution in [0.4, 0.5) is 11.4 Å².